The van der Waals surface area contributed by atoms with Crippen molar-refractivity contribution in [3.05, 3.63) is 0 Å². The van der Waals surface area contributed by atoms with E-state index in [0.717, 1.165) is 30.2 Å². The molecule has 4 fully saturated rings. The highest BCUT2D eigenvalue weighted by molar-refractivity contribution is 5.79. The first kappa shape index (κ1) is 15.2. The van der Waals surface area contributed by atoms with Crippen LogP contribution in [-0.2, 0) is 4.79 Å². The number of rotatable bonds is 1. The lowest BCUT2D eigenvalue weighted by molar-refractivity contribution is -0.130. The maximum atomic E-state index is 12.1. The molecule has 7 atom stereocenters. The Morgan fingerprint density at radius 3 is 2.50 bits per heavy atom. The number of hydrogen-bond acceptors (Lipinski definition) is 2. The van der Waals surface area contributed by atoms with Crippen LogP contribution in [0.25, 0.3) is 0 Å². The second-order valence-corrected chi connectivity index (χ2v) is 9.37. The molecule has 1 heterocycles. The number of Topliss-reactive ketones (excluding diaryl/α,β-unsaturated/α-hetero) is 1. The van der Waals surface area contributed by atoms with Crippen molar-refractivity contribution in [3.8, 4) is 0 Å². The number of hydrogen-bond donors (Lipinski definition) is 1. The van der Waals surface area contributed by atoms with Gasteiger partial charge >= 0.3 is 0 Å². The van der Waals surface area contributed by atoms with Crippen molar-refractivity contribution in [3.63, 3.8) is 0 Å². The summed E-state index contributed by atoms with van der Waals surface area (Å²) in [4.78, 5) is 12.1. The Morgan fingerprint density at radius 1 is 0.955 bits per heavy atom. The first-order valence-electron chi connectivity index (χ1n) is 9.70. The fraction of sp³-hybridized carbons (Fsp3) is 0.950. The molecule has 1 aliphatic heterocycles. The molecule has 4 aliphatic rings. The molecule has 3 saturated carbocycles. The van der Waals surface area contributed by atoms with E-state index in [1.165, 1.54) is 51.5 Å². The molecule has 2 nitrogen and oxygen atoms in total. The summed E-state index contributed by atoms with van der Waals surface area (Å²) < 4.78 is 0. The third-order valence-corrected chi connectivity index (χ3v) is 8.63. The van der Waals surface area contributed by atoms with Crippen molar-refractivity contribution in [2.24, 2.45) is 34.5 Å². The lowest BCUT2D eigenvalue weighted by Gasteiger charge is -2.60. The molecule has 0 aromatic carbocycles. The maximum absolute atomic E-state index is 12.1. The second kappa shape index (κ2) is 5.06. The minimum atomic E-state index is 0.298. The zero-order valence-electron chi connectivity index (χ0n) is 14.7. The van der Waals surface area contributed by atoms with Gasteiger partial charge in [0.1, 0.15) is 5.78 Å². The Hall–Kier alpha value is -0.370. The molecule has 22 heavy (non-hydrogen) atoms. The molecule has 0 aromatic rings. The number of carbonyl (C=O) groups is 1. The van der Waals surface area contributed by atoms with Gasteiger partial charge in [0.05, 0.1) is 0 Å². The van der Waals surface area contributed by atoms with E-state index < -0.39 is 0 Å². The monoisotopic (exact) mass is 303 g/mol. The van der Waals surface area contributed by atoms with Crippen molar-refractivity contribution < 1.29 is 4.79 Å². The summed E-state index contributed by atoms with van der Waals surface area (Å²) in [6.07, 6.45) is 10.8. The van der Waals surface area contributed by atoms with E-state index in [2.05, 4.69) is 19.2 Å². The molecule has 0 bridgehead atoms. The van der Waals surface area contributed by atoms with Crippen LogP contribution in [0, 0.1) is 34.5 Å². The number of fused-ring (bicyclic) bond motifs is 5. The predicted molar refractivity (Wildman–Crippen MR) is 89.6 cm³/mol. The number of ketones is 1. The molecule has 0 spiro atoms. The molecular formula is C20H33NO. The Kier molecular flexibility index (Phi) is 3.49. The van der Waals surface area contributed by atoms with Crippen LogP contribution in [0.5, 0.6) is 0 Å². The maximum Gasteiger partial charge on any atom is 0.133 e. The van der Waals surface area contributed by atoms with E-state index in [1.54, 1.807) is 0 Å². The van der Waals surface area contributed by atoms with E-state index in [9.17, 15) is 4.79 Å². The van der Waals surface area contributed by atoms with E-state index in [1.807, 2.05) is 6.92 Å². The summed E-state index contributed by atoms with van der Waals surface area (Å²) in [7, 11) is 0. The standard InChI is InChI=1S/C20H33NO/c1-13(22)15-7-8-16-14-12-21-18-6-4-5-10-20(18,3)17(14)9-11-19(15,16)2/h14-18,21H,4-12H2,1-3H3/t14-,15+,16-,17-,18+,19+,20+/m0/s1. The summed E-state index contributed by atoms with van der Waals surface area (Å²) in [5, 5.41) is 3.95. The highest BCUT2D eigenvalue weighted by Gasteiger charge is 2.60. The summed E-state index contributed by atoms with van der Waals surface area (Å²) in [6, 6.07) is 0.761. The van der Waals surface area contributed by atoms with Gasteiger partial charge in [0.2, 0.25) is 0 Å². The third-order valence-electron chi connectivity index (χ3n) is 8.63. The van der Waals surface area contributed by atoms with Crippen molar-refractivity contribution in [1.29, 1.82) is 0 Å². The normalized spacial score (nSPS) is 54.2. The zero-order valence-corrected chi connectivity index (χ0v) is 14.7. The van der Waals surface area contributed by atoms with Gasteiger partial charge in [-0.3, -0.25) is 4.79 Å². The third kappa shape index (κ3) is 1.92. The molecule has 1 N–H and O–H groups in total. The van der Waals surface area contributed by atoms with Crippen LogP contribution in [-0.4, -0.2) is 18.4 Å². The van der Waals surface area contributed by atoms with E-state index >= 15 is 0 Å². The fourth-order valence-electron chi connectivity index (χ4n) is 7.47. The Bertz CT molecular complexity index is 474. The molecule has 1 saturated heterocycles. The van der Waals surface area contributed by atoms with Gasteiger partial charge in [-0.2, -0.15) is 0 Å². The highest BCUT2D eigenvalue weighted by Crippen LogP contribution is 2.64. The van der Waals surface area contributed by atoms with Crippen molar-refractivity contribution in [2.75, 3.05) is 6.54 Å². The molecule has 124 valence electrons. The molecular weight excluding hydrogens is 270 g/mol. The van der Waals surface area contributed by atoms with Gasteiger partial charge in [0.25, 0.3) is 0 Å². The summed E-state index contributed by atoms with van der Waals surface area (Å²) in [6.45, 7) is 8.08. The average molecular weight is 303 g/mol. The molecule has 3 aliphatic carbocycles. The SMILES string of the molecule is CC(=O)[C@H]1CC[C@H]2[C@@H]3CN[C@@H]4CCCC[C@]4(C)[C@H]3CC[C@]12C. The van der Waals surface area contributed by atoms with Crippen LogP contribution in [0.4, 0.5) is 0 Å². The molecule has 0 aromatic heterocycles. The van der Waals surface area contributed by atoms with Gasteiger partial charge in [0.15, 0.2) is 0 Å². The van der Waals surface area contributed by atoms with Crippen molar-refractivity contribution in [2.45, 2.75) is 78.2 Å². The average Bonchev–Trinajstić information content (AvgIpc) is 2.84. The molecule has 0 radical (unpaired) electrons. The minimum Gasteiger partial charge on any atom is -0.313 e. The fourth-order valence-corrected chi connectivity index (χ4v) is 7.47. The Morgan fingerprint density at radius 2 is 1.73 bits per heavy atom. The first-order chi connectivity index (χ1) is 10.5. The van der Waals surface area contributed by atoms with Crippen LogP contribution in [0.15, 0.2) is 0 Å². The number of carbonyl (C=O) groups excluding carboxylic acids is 1. The molecule has 0 unspecified atom stereocenters. The summed E-state index contributed by atoms with van der Waals surface area (Å²) in [5.41, 5.74) is 0.823. The van der Waals surface area contributed by atoms with Crippen molar-refractivity contribution in [1.82, 2.24) is 5.32 Å². The van der Waals surface area contributed by atoms with E-state index in [4.69, 9.17) is 0 Å². The van der Waals surface area contributed by atoms with E-state index in [0.29, 0.717) is 22.5 Å². The van der Waals surface area contributed by atoms with Gasteiger partial charge in [-0.1, -0.05) is 26.7 Å². The Balaban J connectivity index is 1.63. The van der Waals surface area contributed by atoms with Crippen LogP contribution in [0.3, 0.4) is 0 Å². The van der Waals surface area contributed by atoms with Gasteiger partial charge in [-0.25, -0.2) is 0 Å². The lowest BCUT2D eigenvalue weighted by atomic mass is 9.48. The number of nitrogens with one attached hydrogen (secondary N) is 1. The molecule has 2 heteroatoms. The first-order valence-corrected chi connectivity index (χ1v) is 9.70. The highest BCUT2D eigenvalue weighted by atomic mass is 16.1. The smallest absolute Gasteiger partial charge is 0.133 e. The zero-order chi connectivity index (χ0) is 15.5. The molecule has 0 amide bonds. The summed E-state index contributed by atoms with van der Waals surface area (Å²) in [5.74, 6) is 3.31. The Labute approximate surface area is 135 Å². The van der Waals surface area contributed by atoms with Gasteiger partial charge in [-0.15, -0.1) is 0 Å². The predicted octanol–water partition coefficient (Wildman–Crippen LogP) is 4.19. The van der Waals surface area contributed by atoms with Crippen molar-refractivity contribution >= 4 is 5.78 Å². The topological polar surface area (TPSA) is 29.1 Å². The van der Waals surface area contributed by atoms with Crippen LogP contribution in [0.1, 0.15) is 72.1 Å². The minimum absolute atomic E-state index is 0.298. The molecule has 4 rings (SSSR count). The quantitative estimate of drug-likeness (QED) is 0.787. The lowest BCUT2D eigenvalue weighted by Crippen LogP contribution is -2.62. The number of piperidine rings is 1. The van der Waals surface area contributed by atoms with Gasteiger partial charge in [0, 0.05) is 12.0 Å². The van der Waals surface area contributed by atoms with Crippen LogP contribution < -0.4 is 5.32 Å². The largest absolute Gasteiger partial charge is 0.313 e. The second-order valence-electron chi connectivity index (χ2n) is 9.37. The van der Waals surface area contributed by atoms with Gasteiger partial charge < -0.3 is 5.32 Å². The van der Waals surface area contributed by atoms with E-state index in [-0.39, 0.29) is 0 Å². The van der Waals surface area contributed by atoms with Gasteiger partial charge in [-0.05, 0) is 80.6 Å². The van der Waals surface area contributed by atoms with Crippen LogP contribution >= 0.6 is 0 Å². The van der Waals surface area contributed by atoms with Crippen LogP contribution in [0.2, 0.25) is 0 Å². The summed E-state index contributed by atoms with van der Waals surface area (Å²) >= 11 is 0.